The summed E-state index contributed by atoms with van der Waals surface area (Å²) in [5.74, 6) is -0.787. The summed E-state index contributed by atoms with van der Waals surface area (Å²) in [5.41, 5.74) is 0.401. The van der Waals surface area contributed by atoms with Crippen molar-refractivity contribution in [2.24, 2.45) is 5.41 Å². The first-order valence-electron chi connectivity index (χ1n) is 5.24. The van der Waals surface area contributed by atoms with E-state index >= 15 is 0 Å². The number of halogens is 1. The molecule has 5 heteroatoms. The van der Waals surface area contributed by atoms with Gasteiger partial charge in [0.2, 0.25) is 0 Å². The number of benzene rings is 1. The molecule has 0 heterocycles. The van der Waals surface area contributed by atoms with Crippen molar-refractivity contribution in [1.29, 1.82) is 5.26 Å². The highest BCUT2D eigenvalue weighted by atomic mass is 35.5. The number of hydrogen-bond donors (Lipinski definition) is 2. The first kappa shape index (κ1) is 11.7. The van der Waals surface area contributed by atoms with Gasteiger partial charge in [0.25, 0.3) is 0 Å². The second-order valence-corrected chi connectivity index (χ2v) is 4.68. The molecule has 1 fully saturated rings. The molecule has 1 saturated carbocycles. The van der Waals surface area contributed by atoms with Gasteiger partial charge < -0.3 is 10.4 Å². The highest BCUT2D eigenvalue weighted by Gasteiger charge is 2.50. The zero-order valence-electron chi connectivity index (χ0n) is 9.03. The van der Waals surface area contributed by atoms with E-state index in [2.05, 4.69) is 5.32 Å². The maximum Gasteiger partial charge on any atom is 0.311 e. The molecule has 0 aliphatic heterocycles. The average molecular weight is 251 g/mol. The molecular weight excluding hydrogens is 240 g/mol. The molecule has 0 aromatic heterocycles. The van der Waals surface area contributed by atoms with Gasteiger partial charge in [-0.25, -0.2) is 0 Å². The van der Waals surface area contributed by atoms with E-state index in [1.54, 1.807) is 18.2 Å². The Balaban J connectivity index is 2.12. The Kier molecular flexibility index (Phi) is 2.95. The van der Waals surface area contributed by atoms with Crippen molar-refractivity contribution in [3.05, 3.63) is 28.8 Å². The molecule has 17 heavy (non-hydrogen) atoms. The minimum atomic E-state index is -0.787. The van der Waals surface area contributed by atoms with Crippen LogP contribution in [0.25, 0.3) is 0 Å². The molecule has 0 radical (unpaired) electrons. The van der Waals surface area contributed by atoms with Crippen LogP contribution < -0.4 is 5.32 Å². The van der Waals surface area contributed by atoms with Crippen molar-refractivity contribution in [3.63, 3.8) is 0 Å². The lowest BCUT2D eigenvalue weighted by Crippen LogP contribution is -2.24. The zero-order valence-corrected chi connectivity index (χ0v) is 9.79. The third-order valence-corrected chi connectivity index (χ3v) is 3.26. The minimum absolute atomic E-state index is 0.331. The molecule has 0 unspecified atom stereocenters. The first-order valence-corrected chi connectivity index (χ1v) is 5.62. The minimum Gasteiger partial charge on any atom is -0.481 e. The number of nitrogens with zero attached hydrogens (tertiary/aromatic N) is 1. The van der Waals surface area contributed by atoms with Gasteiger partial charge in [-0.15, -0.1) is 0 Å². The second kappa shape index (κ2) is 4.27. The zero-order chi connectivity index (χ0) is 12.5. The van der Waals surface area contributed by atoms with E-state index in [1.165, 1.54) is 0 Å². The average Bonchev–Trinajstić information content (AvgIpc) is 3.07. The Morgan fingerprint density at radius 2 is 2.29 bits per heavy atom. The molecule has 4 nitrogen and oxygen atoms in total. The van der Waals surface area contributed by atoms with Crippen LogP contribution in [0.15, 0.2) is 18.2 Å². The normalized spacial score (nSPS) is 16.0. The maximum atomic E-state index is 11.0. The monoisotopic (exact) mass is 250 g/mol. The van der Waals surface area contributed by atoms with Crippen molar-refractivity contribution >= 4 is 23.3 Å². The van der Waals surface area contributed by atoms with Gasteiger partial charge in [0, 0.05) is 11.6 Å². The number of carboxylic acids is 1. The van der Waals surface area contributed by atoms with Crippen molar-refractivity contribution in [3.8, 4) is 6.07 Å². The van der Waals surface area contributed by atoms with Gasteiger partial charge in [-0.3, -0.25) is 4.79 Å². The maximum absolute atomic E-state index is 11.0. The molecule has 88 valence electrons. The summed E-state index contributed by atoms with van der Waals surface area (Å²) in [5, 5.41) is 21.5. The number of rotatable bonds is 4. The highest BCUT2D eigenvalue weighted by molar-refractivity contribution is 6.30. The summed E-state index contributed by atoms with van der Waals surface area (Å²) in [7, 11) is 0. The van der Waals surface area contributed by atoms with Crippen LogP contribution in [0.3, 0.4) is 0 Å². The molecule has 1 aliphatic carbocycles. The molecule has 2 N–H and O–H groups in total. The number of carbonyl (C=O) groups is 1. The SMILES string of the molecule is N#Cc1ccc(Cl)cc1NCC1(C(=O)O)CC1. The predicted octanol–water partition coefficient (Wildman–Crippen LogP) is 2.49. The number of hydrogen-bond acceptors (Lipinski definition) is 3. The molecule has 0 bridgehead atoms. The van der Waals surface area contributed by atoms with Crippen molar-refractivity contribution in [1.82, 2.24) is 0 Å². The Morgan fingerprint density at radius 1 is 1.59 bits per heavy atom. The topological polar surface area (TPSA) is 73.1 Å². The summed E-state index contributed by atoms with van der Waals surface area (Å²) in [4.78, 5) is 11.0. The van der Waals surface area contributed by atoms with Crippen LogP contribution in [0, 0.1) is 16.7 Å². The summed E-state index contributed by atoms with van der Waals surface area (Å²) < 4.78 is 0. The summed E-state index contributed by atoms with van der Waals surface area (Å²) in [6.07, 6.45) is 1.36. The van der Waals surface area contributed by atoms with Gasteiger partial charge >= 0.3 is 5.97 Å². The van der Waals surface area contributed by atoms with Gasteiger partial charge in [-0.2, -0.15) is 5.26 Å². The van der Waals surface area contributed by atoms with E-state index in [0.717, 1.165) is 0 Å². The Hall–Kier alpha value is -1.73. The van der Waals surface area contributed by atoms with E-state index in [4.69, 9.17) is 22.0 Å². The second-order valence-electron chi connectivity index (χ2n) is 4.24. The number of aliphatic carboxylic acids is 1. The summed E-state index contributed by atoms with van der Waals surface area (Å²) >= 11 is 5.84. The Labute approximate surface area is 104 Å². The number of carboxylic acid groups (broad SMARTS) is 1. The van der Waals surface area contributed by atoms with E-state index < -0.39 is 11.4 Å². The fourth-order valence-electron chi connectivity index (χ4n) is 1.64. The van der Waals surface area contributed by atoms with E-state index in [-0.39, 0.29) is 0 Å². The van der Waals surface area contributed by atoms with E-state index in [0.29, 0.717) is 35.7 Å². The van der Waals surface area contributed by atoms with Crippen LogP contribution in [0.4, 0.5) is 5.69 Å². The molecule has 1 aromatic carbocycles. The van der Waals surface area contributed by atoms with Crippen molar-refractivity contribution in [2.45, 2.75) is 12.8 Å². The molecule has 0 spiro atoms. The van der Waals surface area contributed by atoms with Crippen molar-refractivity contribution in [2.75, 3.05) is 11.9 Å². The fourth-order valence-corrected chi connectivity index (χ4v) is 1.81. The molecular formula is C12H11ClN2O2. The van der Waals surface area contributed by atoms with Crippen molar-refractivity contribution < 1.29 is 9.90 Å². The van der Waals surface area contributed by atoms with Crippen LogP contribution in [0.5, 0.6) is 0 Å². The highest BCUT2D eigenvalue weighted by Crippen LogP contribution is 2.46. The summed E-state index contributed by atoms with van der Waals surface area (Å²) in [6.45, 7) is 0.331. The Bertz CT molecular complexity index is 504. The van der Waals surface area contributed by atoms with E-state index in [9.17, 15) is 4.79 Å². The predicted molar refractivity (Wildman–Crippen MR) is 64.0 cm³/mol. The first-order chi connectivity index (χ1) is 8.07. The van der Waals surface area contributed by atoms with Crippen LogP contribution in [-0.4, -0.2) is 17.6 Å². The molecule has 0 atom stereocenters. The molecule has 0 saturated heterocycles. The quantitative estimate of drug-likeness (QED) is 0.861. The van der Waals surface area contributed by atoms with Crippen LogP contribution in [0.2, 0.25) is 5.02 Å². The third-order valence-electron chi connectivity index (χ3n) is 3.03. The fraction of sp³-hybridized carbons (Fsp3) is 0.333. The lowest BCUT2D eigenvalue weighted by atomic mass is 10.1. The smallest absolute Gasteiger partial charge is 0.311 e. The lowest BCUT2D eigenvalue weighted by molar-refractivity contribution is -0.142. The van der Waals surface area contributed by atoms with E-state index in [1.807, 2.05) is 6.07 Å². The number of nitrogens with one attached hydrogen (secondary N) is 1. The van der Waals surface area contributed by atoms with Gasteiger partial charge in [0.1, 0.15) is 6.07 Å². The van der Waals surface area contributed by atoms with Crippen LogP contribution in [-0.2, 0) is 4.79 Å². The van der Waals surface area contributed by atoms with Crippen LogP contribution >= 0.6 is 11.6 Å². The van der Waals surface area contributed by atoms with Gasteiger partial charge in [-0.1, -0.05) is 11.6 Å². The molecule has 1 aliphatic rings. The lowest BCUT2D eigenvalue weighted by Gasteiger charge is -2.13. The number of anilines is 1. The molecule has 2 rings (SSSR count). The third kappa shape index (κ3) is 2.34. The molecule has 1 aromatic rings. The summed E-state index contributed by atoms with van der Waals surface area (Å²) in [6, 6.07) is 6.93. The Morgan fingerprint density at radius 3 is 2.82 bits per heavy atom. The van der Waals surface area contributed by atoms with Gasteiger partial charge in [-0.05, 0) is 31.0 Å². The molecule has 0 amide bonds. The van der Waals surface area contributed by atoms with Gasteiger partial charge in [0.15, 0.2) is 0 Å². The number of nitriles is 1. The standard InChI is InChI=1S/C12H11ClN2O2/c13-9-2-1-8(6-14)10(5-9)15-7-12(3-4-12)11(16)17/h1-2,5,15H,3-4,7H2,(H,16,17). The van der Waals surface area contributed by atoms with Crippen LogP contribution in [0.1, 0.15) is 18.4 Å². The van der Waals surface area contributed by atoms with Gasteiger partial charge in [0.05, 0.1) is 16.7 Å². The largest absolute Gasteiger partial charge is 0.481 e.